The van der Waals surface area contributed by atoms with Crippen LogP contribution in [0.1, 0.15) is 40.5 Å². The summed E-state index contributed by atoms with van der Waals surface area (Å²) in [6, 6.07) is 12.1. The molecule has 1 aromatic carbocycles. The van der Waals surface area contributed by atoms with Crippen molar-refractivity contribution in [3.05, 3.63) is 53.3 Å². The second-order valence-electron chi connectivity index (χ2n) is 7.19. The van der Waals surface area contributed by atoms with Gasteiger partial charge in [-0.2, -0.15) is 5.10 Å². The van der Waals surface area contributed by atoms with Crippen LogP contribution in [-0.2, 0) is 6.54 Å². The Hall–Kier alpha value is -2.18. The van der Waals surface area contributed by atoms with Gasteiger partial charge in [-0.25, -0.2) is 0 Å². The van der Waals surface area contributed by atoms with Crippen molar-refractivity contribution in [2.24, 2.45) is 5.92 Å². The molecule has 6 heteroatoms. The molecule has 2 aliphatic rings. The fraction of sp³-hybridized carbons (Fsp3) is 0.474. The van der Waals surface area contributed by atoms with Crippen LogP contribution in [-0.4, -0.2) is 51.8 Å². The van der Waals surface area contributed by atoms with E-state index in [1.165, 1.54) is 18.4 Å². The van der Waals surface area contributed by atoms with Crippen molar-refractivity contribution in [3.63, 3.8) is 0 Å². The molecule has 0 bridgehead atoms. The van der Waals surface area contributed by atoms with Gasteiger partial charge in [0.05, 0.1) is 0 Å². The predicted molar refractivity (Wildman–Crippen MR) is 94.1 cm³/mol. The van der Waals surface area contributed by atoms with Crippen molar-refractivity contribution < 1.29 is 9.90 Å². The van der Waals surface area contributed by atoms with Crippen LogP contribution in [0.3, 0.4) is 0 Å². The van der Waals surface area contributed by atoms with Gasteiger partial charge >= 0.3 is 0 Å². The van der Waals surface area contributed by atoms with Crippen LogP contribution in [0.15, 0.2) is 36.4 Å². The number of aliphatic hydroxyl groups excluding tert-OH is 1. The van der Waals surface area contributed by atoms with Crippen LogP contribution in [0.2, 0.25) is 0 Å². The molecule has 132 valence electrons. The van der Waals surface area contributed by atoms with Crippen molar-refractivity contribution >= 4 is 5.91 Å². The van der Waals surface area contributed by atoms with E-state index in [0.29, 0.717) is 11.6 Å². The topological polar surface area (TPSA) is 81.3 Å². The maximum absolute atomic E-state index is 12.5. The van der Waals surface area contributed by atoms with E-state index in [1.807, 2.05) is 24.3 Å². The largest absolute Gasteiger partial charge is 0.396 e. The van der Waals surface area contributed by atoms with Crippen LogP contribution in [0.4, 0.5) is 0 Å². The Bertz CT molecular complexity index is 726. The Morgan fingerprint density at radius 2 is 2.08 bits per heavy atom. The van der Waals surface area contributed by atoms with Gasteiger partial charge in [0.2, 0.25) is 0 Å². The number of hydrogen-bond donors (Lipinski definition) is 3. The first-order valence-corrected chi connectivity index (χ1v) is 8.96. The van der Waals surface area contributed by atoms with Gasteiger partial charge in [0.25, 0.3) is 5.91 Å². The summed E-state index contributed by atoms with van der Waals surface area (Å²) in [5.74, 6) is 0.440. The highest BCUT2D eigenvalue weighted by molar-refractivity contribution is 5.92. The van der Waals surface area contributed by atoms with Gasteiger partial charge < -0.3 is 10.4 Å². The molecule has 1 saturated carbocycles. The van der Waals surface area contributed by atoms with Crippen molar-refractivity contribution in [1.29, 1.82) is 0 Å². The Balaban J connectivity index is 1.37. The molecule has 3 N–H and O–H groups in total. The molecule has 2 heterocycles. The second-order valence-corrected chi connectivity index (χ2v) is 7.19. The Labute approximate surface area is 147 Å². The number of aromatic amines is 1. The zero-order valence-corrected chi connectivity index (χ0v) is 14.2. The molecule has 2 fully saturated rings. The first kappa shape index (κ1) is 16.3. The third-order valence-corrected chi connectivity index (χ3v) is 5.16. The lowest BCUT2D eigenvalue weighted by atomic mass is 10.1. The van der Waals surface area contributed by atoms with Crippen LogP contribution in [0.5, 0.6) is 0 Å². The number of rotatable bonds is 6. The van der Waals surface area contributed by atoms with Gasteiger partial charge in [-0.3, -0.25) is 14.8 Å². The molecule has 2 atom stereocenters. The molecule has 1 aromatic heterocycles. The average molecular weight is 340 g/mol. The lowest BCUT2D eigenvalue weighted by molar-refractivity contribution is 0.0916. The number of nitrogens with zero attached hydrogens (tertiary/aromatic N) is 2. The molecule has 0 radical (unpaired) electrons. The Morgan fingerprint density at radius 3 is 2.80 bits per heavy atom. The second kappa shape index (κ2) is 6.98. The lowest BCUT2D eigenvalue weighted by Crippen LogP contribution is -2.41. The van der Waals surface area contributed by atoms with E-state index in [1.54, 1.807) is 0 Å². The summed E-state index contributed by atoms with van der Waals surface area (Å²) in [5, 5.41) is 19.9. The first-order chi connectivity index (χ1) is 12.2. The van der Waals surface area contributed by atoms with Crippen molar-refractivity contribution in [2.45, 2.75) is 31.3 Å². The SMILES string of the molecule is O=C(N[C@@H]1CN(Cc2ccccc2)C[C@H]1CO)c1cc(C2CC2)[nH]n1. The highest BCUT2D eigenvalue weighted by Gasteiger charge is 2.34. The number of likely N-dealkylation sites (tertiary alicyclic amines) is 1. The molecular formula is C19H24N4O2. The molecule has 25 heavy (non-hydrogen) atoms. The number of carbonyl (C=O) groups excluding carboxylic acids is 1. The molecule has 1 saturated heterocycles. The maximum atomic E-state index is 12.5. The first-order valence-electron chi connectivity index (χ1n) is 8.96. The summed E-state index contributed by atoms with van der Waals surface area (Å²) < 4.78 is 0. The fourth-order valence-corrected chi connectivity index (χ4v) is 3.58. The summed E-state index contributed by atoms with van der Waals surface area (Å²) in [6.45, 7) is 2.43. The summed E-state index contributed by atoms with van der Waals surface area (Å²) in [6.07, 6.45) is 2.35. The molecule has 0 unspecified atom stereocenters. The molecular weight excluding hydrogens is 316 g/mol. The minimum atomic E-state index is -0.159. The molecule has 0 spiro atoms. The highest BCUT2D eigenvalue weighted by Crippen LogP contribution is 2.39. The molecule has 1 amide bonds. The molecule has 1 aliphatic carbocycles. The summed E-state index contributed by atoms with van der Waals surface area (Å²) in [5.41, 5.74) is 2.74. The number of carbonyl (C=O) groups is 1. The van der Waals surface area contributed by atoms with Gasteiger partial charge in [-0.15, -0.1) is 0 Å². The molecule has 1 aliphatic heterocycles. The standard InChI is InChI=1S/C19H24N4O2/c24-12-15-10-23(9-13-4-2-1-3-5-13)11-18(15)20-19(25)17-8-16(21-22-17)14-6-7-14/h1-5,8,14-15,18,24H,6-7,9-12H2,(H,20,25)(H,21,22)/t15-,18+/m0/s1. The van der Waals surface area contributed by atoms with E-state index >= 15 is 0 Å². The quantitative estimate of drug-likeness (QED) is 0.745. The highest BCUT2D eigenvalue weighted by atomic mass is 16.3. The van der Waals surface area contributed by atoms with Crippen molar-refractivity contribution in [3.8, 4) is 0 Å². The van der Waals surface area contributed by atoms with E-state index in [-0.39, 0.29) is 24.5 Å². The smallest absolute Gasteiger partial charge is 0.272 e. The van der Waals surface area contributed by atoms with Crippen LogP contribution in [0.25, 0.3) is 0 Å². The number of H-pyrrole nitrogens is 1. The summed E-state index contributed by atoms with van der Waals surface area (Å²) >= 11 is 0. The summed E-state index contributed by atoms with van der Waals surface area (Å²) in [4.78, 5) is 14.8. The number of aromatic nitrogens is 2. The molecule has 2 aromatic rings. The fourth-order valence-electron chi connectivity index (χ4n) is 3.58. The van der Waals surface area contributed by atoms with Crippen molar-refractivity contribution in [1.82, 2.24) is 20.4 Å². The van der Waals surface area contributed by atoms with E-state index in [0.717, 1.165) is 25.3 Å². The maximum Gasteiger partial charge on any atom is 0.272 e. The number of benzene rings is 1. The monoisotopic (exact) mass is 340 g/mol. The number of hydrogen-bond acceptors (Lipinski definition) is 4. The minimum Gasteiger partial charge on any atom is -0.396 e. The van der Waals surface area contributed by atoms with E-state index in [9.17, 15) is 9.90 Å². The van der Waals surface area contributed by atoms with Crippen LogP contribution in [0, 0.1) is 5.92 Å². The number of aliphatic hydroxyl groups is 1. The van der Waals surface area contributed by atoms with E-state index in [2.05, 4.69) is 32.5 Å². The molecule has 6 nitrogen and oxygen atoms in total. The minimum absolute atomic E-state index is 0.0505. The third kappa shape index (κ3) is 3.75. The normalized spacial score (nSPS) is 23.7. The van der Waals surface area contributed by atoms with Gasteiger partial charge in [0, 0.05) is 49.8 Å². The van der Waals surface area contributed by atoms with Crippen LogP contribution >= 0.6 is 0 Å². The van der Waals surface area contributed by atoms with Crippen LogP contribution < -0.4 is 5.32 Å². The van der Waals surface area contributed by atoms with Gasteiger partial charge in [0.15, 0.2) is 0 Å². The number of nitrogens with one attached hydrogen (secondary N) is 2. The average Bonchev–Trinajstić information content (AvgIpc) is 3.23. The Morgan fingerprint density at radius 1 is 1.28 bits per heavy atom. The van der Waals surface area contributed by atoms with Crippen molar-refractivity contribution in [2.75, 3.05) is 19.7 Å². The third-order valence-electron chi connectivity index (χ3n) is 5.16. The Kier molecular flexibility index (Phi) is 4.55. The lowest BCUT2D eigenvalue weighted by Gasteiger charge is -2.17. The predicted octanol–water partition coefficient (Wildman–Crippen LogP) is 1.51. The van der Waals surface area contributed by atoms with Gasteiger partial charge in [0.1, 0.15) is 5.69 Å². The molecule has 4 rings (SSSR count). The van der Waals surface area contributed by atoms with E-state index < -0.39 is 0 Å². The van der Waals surface area contributed by atoms with Gasteiger partial charge in [-0.1, -0.05) is 30.3 Å². The van der Waals surface area contributed by atoms with E-state index in [4.69, 9.17) is 0 Å². The number of amides is 1. The zero-order chi connectivity index (χ0) is 17.2. The van der Waals surface area contributed by atoms with Gasteiger partial charge in [-0.05, 0) is 24.5 Å². The zero-order valence-electron chi connectivity index (χ0n) is 14.2. The summed E-state index contributed by atoms with van der Waals surface area (Å²) in [7, 11) is 0.